The molecule has 0 aliphatic carbocycles. The lowest BCUT2D eigenvalue weighted by Gasteiger charge is -2.19. The van der Waals surface area contributed by atoms with E-state index in [1.165, 1.54) is 0 Å². The maximum atomic E-state index is 9.74. The van der Waals surface area contributed by atoms with E-state index in [1.807, 2.05) is 56.3 Å². The molecule has 0 aliphatic rings. The van der Waals surface area contributed by atoms with Gasteiger partial charge in [0, 0.05) is 11.1 Å². The second-order valence-corrected chi connectivity index (χ2v) is 7.33. The van der Waals surface area contributed by atoms with E-state index in [9.17, 15) is 5.26 Å². The molecule has 4 rings (SSSR count). The first kappa shape index (κ1) is 18.6. The summed E-state index contributed by atoms with van der Waals surface area (Å²) in [5.74, 6) is 1.55. The summed E-state index contributed by atoms with van der Waals surface area (Å²) in [5.41, 5.74) is 7.82. The molecule has 0 amide bonds. The van der Waals surface area contributed by atoms with E-state index < -0.39 is 0 Å². The Morgan fingerprint density at radius 1 is 0.759 bits per heavy atom. The first-order chi connectivity index (χ1) is 14.0. The molecular formula is C25H22N4. The molecule has 0 radical (unpaired) electrons. The Morgan fingerprint density at radius 2 is 1.41 bits per heavy atom. The van der Waals surface area contributed by atoms with Crippen molar-refractivity contribution in [3.8, 4) is 34.5 Å². The second-order valence-electron chi connectivity index (χ2n) is 7.33. The van der Waals surface area contributed by atoms with Crippen molar-refractivity contribution < 1.29 is 0 Å². The predicted molar refractivity (Wildman–Crippen MR) is 116 cm³/mol. The van der Waals surface area contributed by atoms with Crippen molar-refractivity contribution in [2.45, 2.75) is 27.7 Å². The van der Waals surface area contributed by atoms with Crippen LogP contribution in [0.5, 0.6) is 0 Å². The Balaban J connectivity index is 2.12. The number of rotatable bonds is 3. The lowest BCUT2D eigenvalue weighted by molar-refractivity contribution is 1.03. The normalized spacial score (nSPS) is 10.7. The van der Waals surface area contributed by atoms with Gasteiger partial charge in [0.15, 0.2) is 11.6 Å². The van der Waals surface area contributed by atoms with Crippen LogP contribution in [0, 0.1) is 39.0 Å². The molecule has 1 aromatic heterocycles. The minimum absolute atomic E-state index is 0.703. The number of nitriles is 1. The van der Waals surface area contributed by atoms with Crippen molar-refractivity contribution in [3.05, 3.63) is 88.5 Å². The SMILES string of the molecule is Cc1ccccc1-c1nnc(-c2ccccc2)n1-c1c(C)cc(C)c(C#N)c1C. The number of hydrogen-bond donors (Lipinski definition) is 0. The van der Waals surface area contributed by atoms with Crippen molar-refractivity contribution in [2.75, 3.05) is 0 Å². The van der Waals surface area contributed by atoms with Crippen LogP contribution in [0.1, 0.15) is 27.8 Å². The van der Waals surface area contributed by atoms with E-state index >= 15 is 0 Å². The molecular weight excluding hydrogens is 356 g/mol. The number of aryl methyl sites for hydroxylation is 3. The molecule has 0 saturated heterocycles. The van der Waals surface area contributed by atoms with Crippen LogP contribution >= 0.6 is 0 Å². The first-order valence-corrected chi connectivity index (χ1v) is 9.61. The van der Waals surface area contributed by atoms with Crippen LogP contribution in [0.2, 0.25) is 0 Å². The van der Waals surface area contributed by atoms with Gasteiger partial charge < -0.3 is 0 Å². The molecule has 4 aromatic rings. The van der Waals surface area contributed by atoms with Crippen LogP contribution in [-0.2, 0) is 0 Å². The zero-order valence-electron chi connectivity index (χ0n) is 17.1. The monoisotopic (exact) mass is 378 g/mol. The van der Waals surface area contributed by atoms with Crippen LogP contribution in [0.25, 0.3) is 28.5 Å². The topological polar surface area (TPSA) is 54.5 Å². The molecule has 0 spiro atoms. The summed E-state index contributed by atoms with van der Waals surface area (Å²) in [6, 6.07) is 22.7. The molecule has 4 heteroatoms. The Kier molecular flexibility index (Phi) is 4.74. The maximum Gasteiger partial charge on any atom is 0.169 e. The zero-order valence-corrected chi connectivity index (χ0v) is 17.1. The first-order valence-electron chi connectivity index (χ1n) is 9.61. The highest BCUT2D eigenvalue weighted by molar-refractivity contribution is 5.71. The fourth-order valence-corrected chi connectivity index (χ4v) is 3.96. The van der Waals surface area contributed by atoms with Gasteiger partial charge in [0.25, 0.3) is 0 Å². The molecule has 0 atom stereocenters. The van der Waals surface area contributed by atoms with Crippen molar-refractivity contribution >= 4 is 0 Å². The molecule has 0 N–H and O–H groups in total. The molecule has 29 heavy (non-hydrogen) atoms. The van der Waals surface area contributed by atoms with E-state index in [0.717, 1.165) is 50.7 Å². The largest absolute Gasteiger partial charge is 0.274 e. The molecule has 1 heterocycles. The Hall–Kier alpha value is -3.71. The number of hydrogen-bond acceptors (Lipinski definition) is 3. The van der Waals surface area contributed by atoms with Gasteiger partial charge in [-0.25, -0.2) is 0 Å². The summed E-state index contributed by atoms with van der Waals surface area (Å²) < 4.78 is 2.10. The average Bonchev–Trinajstić information content (AvgIpc) is 3.13. The molecule has 0 bridgehead atoms. The van der Waals surface area contributed by atoms with Gasteiger partial charge in [-0.3, -0.25) is 4.57 Å². The molecule has 3 aromatic carbocycles. The highest BCUT2D eigenvalue weighted by Gasteiger charge is 2.22. The van der Waals surface area contributed by atoms with E-state index in [2.05, 4.69) is 52.9 Å². The van der Waals surface area contributed by atoms with Crippen LogP contribution in [0.15, 0.2) is 60.7 Å². The highest BCUT2D eigenvalue weighted by Crippen LogP contribution is 2.34. The predicted octanol–water partition coefficient (Wildman–Crippen LogP) is 5.71. The minimum Gasteiger partial charge on any atom is -0.274 e. The summed E-state index contributed by atoms with van der Waals surface area (Å²) >= 11 is 0. The number of benzene rings is 3. The lowest BCUT2D eigenvalue weighted by atomic mass is 9.97. The zero-order chi connectivity index (χ0) is 20.5. The van der Waals surface area contributed by atoms with E-state index in [4.69, 9.17) is 0 Å². The fraction of sp³-hybridized carbons (Fsp3) is 0.160. The standard InChI is InChI=1S/C25H22N4/c1-16-10-8-9-13-21(16)25-28-27-24(20-11-6-5-7-12-20)29(25)23-18(3)14-17(2)22(15-26)19(23)4/h5-14H,1-4H3. The van der Waals surface area contributed by atoms with Gasteiger partial charge in [-0.2, -0.15) is 5.26 Å². The molecule has 4 nitrogen and oxygen atoms in total. The van der Waals surface area contributed by atoms with Gasteiger partial charge in [0.1, 0.15) is 0 Å². The third-order valence-electron chi connectivity index (χ3n) is 5.35. The Bertz CT molecular complexity index is 1240. The average molecular weight is 378 g/mol. The molecule has 0 unspecified atom stereocenters. The third kappa shape index (κ3) is 3.11. The second kappa shape index (κ2) is 7.37. The highest BCUT2D eigenvalue weighted by atomic mass is 15.3. The third-order valence-corrected chi connectivity index (χ3v) is 5.35. The van der Waals surface area contributed by atoms with Gasteiger partial charge in [-0.1, -0.05) is 60.7 Å². The van der Waals surface area contributed by atoms with Crippen molar-refractivity contribution in [1.29, 1.82) is 5.26 Å². The summed E-state index contributed by atoms with van der Waals surface area (Å²) in [6.07, 6.45) is 0. The van der Waals surface area contributed by atoms with Crippen LogP contribution in [0.4, 0.5) is 0 Å². The molecule has 0 fully saturated rings. The maximum absolute atomic E-state index is 9.74. The van der Waals surface area contributed by atoms with Crippen LogP contribution < -0.4 is 0 Å². The fourth-order valence-electron chi connectivity index (χ4n) is 3.96. The number of nitrogens with zero attached hydrogens (tertiary/aromatic N) is 4. The molecule has 142 valence electrons. The summed E-state index contributed by atoms with van der Waals surface area (Å²) in [7, 11) is 0. The van der Waals surface area contributed by atoms with Gasteiger partial charge >= 0.3 is 0 Å². The number of aromatic nitrogens is 3. The van der Waals surface area contributed by atoms with E-state index in [-0.39, 0.29) is 0 Å². The Labute approximate surface area is 171 Å². The van der Waals surface area contributed by atoms with Gasteiger partial charge in [-0.05, 0) is 49.9 Å². The summed E-state index contributed by atoms with van der Waals surface area (Å²) in [4.78, 5) is 0. The smallest absolute Gasteiger partial charge is 0.169 e. The van der Waals surface area contributed by atoms with Gasteiger partial charge in [-0.15, -0.1) is 10.2 Å². The summed E-state index contributed by atoms with van der Waals surface area (Å²) in [6.45, 7) is 8.14. The van der Waals surface area contributed by atoms with Crippen molar-refractivity contribution in [3.63, 3.8) is 0 Å². The minimum atomic E-state index is 0.703. The van der Waals surface area contributed by atoms with Crippen LogP contribution in [-0.4, -0.2) is 14.8 Å². The molecule has 0 saturated carbocycles. The van der Waals surface area contributed by atoms with Crippen molar-refractivity contribution in [1.82, 2.24) is 14.8 Å². The van der Waals surface area contributed by atoms with E-state index in [0.29, 0.717) is 5.56 Å². The van der Waals surface area contributed by atoms with Gasteiger partial charge in [0.05, 0.1) is 17.3 Å². The van der Waals surface area contributed by atoms with Crippen molar-refractivity contribution in [2.24, 2.45) is 0 Å². The molecule has 0 aliphatic heterocycles. The Morgan fingerprint density at radius 3 is 2.10 bits per heavy atom. The quantitative estimate of drug-likeness (QED) is 0.459. The van der Waals surface area contributed by atoms with Gasteiger partial charge in [0.2, 0.25) is 0 Å². The van der Waals surface area contributed by atoms with Crippen LogP contribution in [0.3, 0.4) is 0 Å². The van der Waals surface area contributed by atoms with E-state index in [1.54, 1.807) is 0 Å². The summed E-state index contributed by atoms with van der Waals surface area (Å²) in [5, 5.41) is 18.9. The lowest BCUT2D eigenvalue weighted by Crippen LogP contribution is -2.07.